The Bertz CT molecular complexity index is 487. The van der Waals surface area contributed by atoms with E-state index in [-0.39, 0.29) is 17.4 Å². The Kier molecular flexibility index (Phi) is 2.58. The number of aliphatic carboxylic acids is 1. The van der Waals surface area contributed by atoms with Gasteiger partial charge < -0.3 is 14.8 Å². The molecule has 2 fully saturated rings. The lowest BCUT2D eigenvalue weighted by Crippen LogP contribution is -2.56. The van der Waals surface area contributed by atoms with Crippen LogP contribution in [0.2, 0.25) is 0 Å². The van der Waals surface area contributed by atoms with Crippen LogP contribution in [-0.4, -0.2) is 50.9 Å². The van der Waals surface area contributed by atoms with Gasteiger partial charge in [-0.1, -0.05) is 5.16 Å². The molecule has 0 aromatic carbocycles. The second-order valence-electron chi connectivity index (χ2n) is 4.55. The maximum Gasteiger partial charge on any atom is 0.327 e. The fourth-order valence-electron chi connectivity index (χ4n) is 2.34. The number of fused-ring (bicyclic) bond motifs is 1. The Morgan fingerprint density at radius 3 is 3.06 bits per heavy atom. The number of hydrogen-bond donors (Lipinski definition) is 1. The fourth-order valence-corrected chi connectivity index (χ4v) is 3.77. The van der Waals surface area contributed by atoms with E-state index >= 15 is 0 Å². The molecule has 0 spiro atoms. The summed E-state index contributed by atoms with van der Waals surface area (Å²) in [4.78, 5) is 29.5. The molecule has 0 saturated carbocycles. The Labute approximate surface area is 108 Å². The number of nitrogens with zero attached hydrogens (tertiary/aromatic N) is 2. The summed E-state index contributed by atoms with van der Waals surface area (Å²) in [6.45, 7) is 1.87. The smallest absolute Gasteiger partial charge is 0.327 e. The fraction of sp³-hybridized carbons (Fsp3) is 0.545. The molecule has 0 bridgehead atoms. The van der Waals surface area contributed by atoms with Crippen LogP contribution in [0.4, 0.5) is 0 Å². The van der Waals surface area contributed by atoms with E-state index in [0.29, 0.717) is 17.7 Å². The van der Waals surface area contributed by atoms with Crippen molar-refractivity contribution in [2.75, 3.05) is 5.75 Å². The van der Waals surface area contributed by atoms with Crippen molar-refractivity contribution in [2.24, 2.45) is 5.16 Å². The predicted octanol–water partition coefficient (Wildman–Crippen LogP) is 0.446. The maximum atomic E-state index is 11.9. The van der Waals surface area contributed by atoms with Crippen LogP contribution in [0.3, 0.4) is 0 Å². The molecule has 6 nitrogen and oxygen atoms in total. The van der Waals surface area contributed by atoms with Crippen LogP contribution in [0, 0.1) is 0 Å². The third-order valence-corrected chi connectivity index (χ3v) is 4.54. The first-order valence-electron chi connectivity index (χ1n) is 5.66. The van der Waals surface area contributed by atoms with Gasteiger partial charge in [-0.05, 0) is 13.0 Å². The van der Waals surface area contributed by atoms with Crippen LogP contribution in [0.1, 0.15) is 13.3 Å². The standard InChI is InChI=1S/C11H12N2O4S/c1-5-2-6(17-12-5)3-7-9(14)13-8(11(15)16)4-18-10(7)13/h3,6,8,10H,2,4H2,1H3,(H,15,16)/t6?,8?,10-/m1/s1. The molecule has 3 heterocycles. The molecule has 18 heavy (non-hydrogen) atoms. The zero-order chi connectivity index (χ0) is 12.9. The lowest BCUT2D eigenvalue weighted by atomic mass is 10.00. The van der Waals surface area contributed by atoms with Gasteiger partial charge in [-0.15, -0.1) is 11.8 Å². The average Bonchev–Trinajstić information content (AvgIpc) is 2.89. The molecule has 96 valence electrons. The highest BCUT2D eigenvalue weighted by molar-refractivity contribution is 8.00. The van der Waals surface area contributed by atoms with Crippen LogP contribution in [0.15, 0.2) is 16.8 Å². The topological polar surface area (TPSA) is 79.2 Å². The summed E-state index contributed by atoms with van der Waals surface area (Å²) in [5, 5.41) is 12.7. The number of carbonyl (C=O) groups is 2. The Hall–Kier alpha value is -1.50. The third kappa shape index (κ3) is 1.61. The monoisotopic (exact) mass is 268 g/mol. The Morgan fingerprint density at radius 2 is 2.44 bits per heavy atom. The quantitative estimate of drug-likeness (QED) is 0.581. The summed E-state index contributed by atoms with van der Waals surface area (Å²) in [5.74, 6) is -0.677. The van der Waals surface area contributed by atoms with Crippen molar-refractivity contribution in [1.29, 1.82) is 0 Å². The highest BCUT2D eigenvalue weighted by Gasteiger charge is 2.53. The number of β-lactam (4-membered cyclic amide) rings is 1. The Balaban J connectivity index is 1.73. The van der Waals surface area contributed by atoms with Gasteiger partial charge in [0.05, 0.1) is 5.71 Å². The van der Waals surface area contributed by atoms with Gasteiger partial charge in [-0.2, -0.15) is 0 Å². The number of rotatable bonds is 2. The highest BCUT2D eigenvalue weighted by Crippen LogP contribution is 2.43. The number of thioether (sulfide) groups is 1. The van der Waals surface area contributed by atoms with E-state index in [1.165, 1.54) is 16.7 Å². The first-order valence-corrected chi connectivity index (χ1v) is 6.71. The average molecular weight is 268 g/mol. The predicted molar refractivity (Wildman–Crippen MR) is 65.2 cm³/mol. The highest BCUT2D eigenvalue weighted by atomic mass is 32.2. The van der Waals surface area contributed by atoms with Gasteiger partial charge in [0.25, 0.3) is 5.91 Å². The summed E-state index contributed by atoms with van der Waals surface area (Å²) in [5.41, 5.74) is 1.56. The molecule has 7 heteroatoms. The number of amides is 1. The van der Waals surface area contributed by atoms with Crippen molar-refractivity contribution in [3.05, 3.63) is 11.6 Å². The summed E-state index contributed by atoms with van der Waals surface area (Å²) in [6, 6.07) is -0.688. The lowest BCUT2D eigenvalue weighted by Gasteiger charge is -2.38. The summed E-state index contributed by atoms with van der Waals surface area (Å²) in [6.07, 6.45) is 2.28. The van der Waals surface area contributed by atoms with E-state index in [1.807, 2.05) is 6.92 Å². The molecule has 0 aromatic rings. The molecule has 3 atom stereocenters. The second kappa shape index (κ2) is 4.01. The first-order chi connectivity index (χ1) is 8.58. The second-order valence-corrected chi connectivity index (χ2v) is 5.66. The van der Waals surface area contributed by atoms with Crippen molar-refractivity contribution in [2.45, 2.75) is 30.9 Å². The van der Waals surface area contributed by atoms with Crippen molar-refractivity contribution in [1.82, 2.24) is 4.90 Å². The van der Waals surface area contributed by atoms with Gasteiger partial charge in [-0.25, -0.2) is 4.79 Å². The van der Waals surface area contributed by atoms with E-state index in [9.17, 15) is 9.59 Å². The normalized spacial score (nSPS) is 36.2. The molecule has 0 aromatic heterocycles. The molecular formula is C11H12N2O4S. The third-order valence-electron chi connectivity index (χ3n) is 3.24. The van der Waals surface area contributed by atoms with E-state index in [4.69, 9.17) is 9.94 Å². The number of carbonyl (C=O) groups excluding carboxylic acids is 1. The first kappa shape index (κ1) is 11.6. The molecule has 3 rings (SSSR count). The lowest BCUT2D eigenvalue weighted by molar-refractivity contribution is -0.150. The molecular weight excluding hydrogens is 256 g/mol. The minimum absolute atomic E-state index is 0.122. The molecule has 2 unspecified atom stereocenters. The van der Waals surface area contributed by atoms with Gasteiger partial charge in [0.2, 0.25) is 0 Å². The molecule has 3 aliphatic heterocycles. The molecule has 0 aliphatic carbocycles. The van der Waals surface area contributed by atoms with Gasteiger partial charge >= 0.3 is 5.97 Å². The van der Waals surface area contributed by atoms with E-state index in [2.05, 4.69) is 5.16 Å². The SMILES string of the molecule is CC1=NOC(C=C2C(=O)N3C(C(=O)O)CS[C@H]23)C1. The summed E-state index contributed by atoms with van der Waals surface area (Å²) >= 11 is 1.49. The minimum atomic E-state index is -0.936. The van der Waals surface area contributed by atoms with Crippen molar-refractivity contribution < 1.29 is 19.5 Å². The van der Waals surface area contributed by atoms with E-state index in [1.54, 1.807) is 6.08 Å². The van der Waals surface area contributed by atoms with E-state index in [0.717, 1.165) is 5.71 Å². The van der Waals surface area contributed by atoms with Crippen LogP contribution < -0.4 is 0 Å². The number of carboxylic acids is 1. The van der Waals surface area contributed by atoms with Gasteiger partial charge in [-0.3, -0.25) is 4.79 Å². The van der Waals surface area contributed by atoms with Crippen LogP contribution >= 0.6 is 11.8 Å². The summed E-state index contributed by atoms with van der Waals surface area (Å²) < 4.78 is 0. The number of carboxylic acid groups (broad SMARTS) is 1. The molecule has 0 radical (unpaired) electrons. The van der Waals surface area contributed by atoms with Gasteiger partial charge in [0, 0.05) is 17.7 Å². The van der Waals surface area contributed by atoms with Gasteiger partial charge in [0.1, 0.15) is 11.4 Å². The van der Waals surface area contributed by atoms with Crippen LogP contribution in [-0.2, 0) is 14.4 Å². The van der Waals surface area contributed by atoms with Gasteiger partial charge in [0.15, 0.2) is 6.10 Å². The number of oxime groups is 1. The Morgan fingerprint density at radius 1 is 1.67 bits per heavy atom. The minimum Gasteiger partial charge on any atom is -0.480 e. The molecule has 1 N–H and O–H groups in total. The molecule has 2 saturated heterocycles. The number of hydrogen-bond acceptors (Lipinski definition) is 5. The van der Waals surface area contributed by atoms with E-state index < -0.39 is 12.0 Å². The molecule has 3 aliphatic rings. The molecule has 1 amide bonds. The zero-order valence-corrected chi connectivity index (χ0v) is 10.5. The van der Waals surface area contributed by atoms with Crippen molar-refractivity contribution in [3.63, 3.8) is 0 Å². The van der Waals surface area contributed by atoms with Crippen LogP contribution in [0.25, 0.3) is 0 Å². The summed E-state index contributed by atoms with van der Waals surface area (Å²) in [7, 11) is 0. The van der Waals surface area contributed by atoms with Crippen molar-refractivity contribution >= 4 is 29.4 Å². The zero-order valence-electron chi connectivity index (χ0n) is 9.70. The maximum absolute atomic E-state index is 11.9. The van der Waals surface area contributed by atoms with Crippen LogP contribution in [0.5, 0.6) is 0 Å². The largest absolute Gasteiger partial charge is 0.480 e. The van der Waals surface area contributed by atoms with Crippen molar-refractivity contribution in [3.8, 4) is 0 Å².